The van der Waals surface area contributed by atoms with Gasteiger partial charge in [-0.3, -0.25) is 14.4 Å². The monoisotopic (exact) mass is 566 g/mol. The maximum Gasteiger partial charge on any atom is 0.416 e. The van der Waals surface area contributed by atoms with Gasteiger partial charge in [0.2, 0.25) is 11.8 Å². The molecule has 0 aliphatic heterocycles. The fourth-order valence-electron chi connectivity index (χ4n) is 3.72. The van der Waals surface area contributed by atoms with Crippen LogP contribution in [0.25, 0.3) is 0 Å². The van der Waals surface area contributed by atoms with Gasteiger partial charge in [0.15, 0.2) is 5.13 Å². The molecular weight excluding hydrogens is 545 g/mol. The zero-order chi connectivity index (χ0) is 27.8. The number of amides is 3. The Bertz CT molecular complexity index is 1440. The minimum absolute atomic E-state index is 0.0648. The first-order valence-corrected chi connectivity index (χ1v) is 12.5. The molecule has 3 N–H and O–H groups in total. The minimum atomic E-state index is -4.61. The molecule has 1 aromatic heterocycles. The largest absolute Gasteiger partial charge is 0.497 e. The van der Waals surface area contributed by atoms with Crippen molar-refractivity contribution in [1.29, 1.82) is 0 Å². The summed E-state index contributed by atoms with van der Waals surface area (Å²) < 4.78 is 44.3. The third kappa shape index (κ3) is 5.76. The summed E-state index contributed by atoms with van der Waals surface area (Å²) in [5.41, 5.74) is -0.876. The molecular formula is C25H22ClF3N4O4S. The first-order chi connectivity index (χ1) is 17.8. The van der Waals surface area contributed by atoms with Crippen molar-refractivity contribution in [1.82, 2.24) is 4.98 Å². The number of aromatic nitrogens is 1. The van der Waals surface area contributed by atoms with Crippen LogP contribution in [0.2, 0.25) is 5.02 Å². The molecule has 0 unspecified atom stereocenters. The fourth-order valence-corrected chi connectivity index (χ4v) is 4.75. The molecule has 1 saturated carbocycles. The van der Waals surface area contributed by atoms with Crippen molar-refractivity contribution in [3.8, 4) is 5.75 Å². The number of benzene rings is 2. The van der Waals surface area contributed by atoms with Crippen molar-refractivity contribution < 1.29 is 32.3 Å². The molecule has 0 bridgehead atoms. The highest BCUT2D eigenvalue weighted by Gasteiger charge is 2.56. The van der Waals surface area contributed by atoms with Crippen LogP contribution in [0.1, 0.15) is 39.3 Å². The number of ether oxygens (including phenoxy) is 1. The molecule has 2 aromatic carbocycles. The number of carbonyl (C=O) groups is 3. The van der Waals surface area contributed by atoms with Crippen molar-refractivity contribution in [3.63, 3.8) is 0 Å². The van der Waals surface area contributed by atoms with E-state index in [1.807, 2.05) is 6.92 Å². The molecule has 4 rings (SSSR count). The number of thiazole rings is 1. The number of methoxy groups -OCH3 is 1. The number of rotatable bonds is 7. The average molecular weight is 567 g/mol. The van der Waals surface area contributed by atoms with Gasteiger partial charge in [-0.25, -0.2) is 4.98 Å². The van der Waals surface area contributed by atoms with Gasteiger partial charge in [0, 0.05) is 11.8 Å². The molecule has 0 spiro atoms. The summed E-state index contributed by atoms with van der Waals surface area (Å²) in [6, 6.07) is 7.78. The van der Waals surface area contributed by atoms with Crippen LogP contribution < -0.4 is 20.7 Å². The van der Waals surface area contributed by atoms with Gasteiger partial charge in [-0.1, -0.05) is 22.9 Å². The second-order valence-corrected chi connectivity index (χ2v) is 10.2. The molecule has 0 atom stereocenters. The number of hydrogen-bond donors (Lipinski definition) is 3. The van der Waals surface area contributed by atoms with E-state index in [0.29, 0.717) is 24.3 Å². The lowest BCUT2D eigenvalue weighted by Crippen LogP contribution is -2.35. The minimum Gasteiger partial charge on any atom is -0.497 e. The Morgan fingerprint density at radius 1 is 1.03 bits per heavy atom. The van der Waals surface area contributed by atoms with Gasteiger partial charge < -0.3 is 20.7 Å². The van der Waals surface area contributed by atoms with Gasteiger partial charge in [0.1, 0.15) is 16.0 Å². The van der Waals surface area contributed by atoms with E-state index >= 15 is 0 Å². The molecule has 3 amide bonds. The molecule has 1 fully saturated rings. The molecule has 38 heavy (non-hydrogen) atoms. The number of aryl methyl sites for hydroxylation is 2. The van der Waals surface area contributed by atoms with Crippen LogP contribution in [-0.2, 0) is 15.8 Å². The van der Waals surface area contributed by atoms with Crippen molar-refractivity contribution in [2.45, 2.75) is 32.9 Å². The first kappa shape index (κ1) is 27.4. The summed E-state index contributed by atoms with van der Waals surface area (Å²) in [6.45, 7) is 3.36. The van der Waals surface area contributed by atoms with Gasteiger partial charge in [-0.2, -0.15) is 13.2 Å². The lowest BCUT2D eigenvalue weighted by Gasteiger charge is -2.15. The van der Waals surface area contributed by atoms with Crippen LogP contribution in [-0.4, -0.2) is 29.8 Å². The van der Waals surface area contributed by atoms with E-state index < -0.39 is 34.9 Å². The van der Waals surface area contributed by atoms with Gasteiger partial charge in [0.05, 0.1) is 29.1 Å². The Kier molecular flexibility index (Phi) is 7.39. The van der Waals surface area contributed by atoms with E-state index in [-0.39, 0.29) is 26.4 Å². The zero-order valence-corrected chi connectivity index (χ0v) is 22.0. The van der Waals surface area contributed by atoms with E-state index in [1.54, 1.807) is 18.2 Å². The SMILES string of the molecule is COc1cc(C)cc(NC(=O)C2(C(=O)Nc3nc(C)c(C(=O)Nc4cc(C(F)(F)F)ccc4Cl)s3)CC2)c1. The summed E-state index contributed by atoms with van der Waals surface area (Å²) >= 11 is 6.79. The molecule has 0 saturated heterocycles. The number of nitrogens with one attached hydrogen (secondary N) is 3. The summed E-state index contributed by atoms with van der Waals surface area (Å²) in [6.07, 6.45) is -3.95. The van der Waals surface area contributed by atoms with Crippen molar-refractivity contribution in [3.05, 3.63) is 63.1 Å². The van der Waals surface area contributed by atoms with Crippen LogP contribution in [0.5, 0.6) is 5.75 Å². The Hall–Kier alpha value is -3.64. The van der Waals surface area contributed by atoms with Crippen LogP contribution in [0, 0.1) is 19.3 Å². The number of alkyl halides is 3. The predicted octanol–water partition coefficient (Wildman–Crippen LogP) is 6.05. The maximum atomic E-state index is 13.0. The van der Waals surface area contributed by atoms with E-state index in [2.05, 4.69) is 20.9 Å². The standard InChI is InChI=1S/C25H22ClF3N4O4S/c1-12-8-15(11-16(9-12)37-3)31-21(35)24(6-7-24)22(36)33-23-30-13(2)19(38-23)20(34)32-18-10-14(25(27,28)29)4-5-17(18)26/h4-5,8-11H,6-7H2,1-3H3,(H,31,35)(H,32,34)(H,30,33,36). The lowest BCUT2D eigenvalue weighted by atomic mass is 10.0. The number of nitrogens with zero attached hydrogens (tertiary/aromatic N) is 1. The van der Waals surface area contributed by atoms with Crippen molar-refractivity contribution >= 4 is 57.2 Å². The summed E-state index contributed by atoms with van der Waals surface area (Å²) in [5.74, 6) is -1.23. The van der Waals surface area contributed by atoms with E-state index in [1.165, 1.54) is 14.0 Å². The number of halogens is 4. The smallest absolute Gasteiger partial charge is 0.416 e. The first-order valence-electron chi connectivity index (χ1n) is 11.3. The van der Waals surface area contributed by atoms with Crippen molar-refractivity contribution in [2.75, 3.05) is 23.1 Å². The highest BCUT2D eigenvalue weighted by molar-refractivity contribution is 7.17. The van der Waals surface area contributed by atoms with Crippen LogP contribution >= 0.6 is 22.9 Å². The molecule has 3 aromatic rings. The molecule has 13 heteroatoms. The Morgan fingerprint density at radius 3 is 2.34 bits per heavy atom. The summed E-state index contributed by atoms with van der Waals surface area (Å²) in [7, 11) is 1.51. The average Bonchev–Trinajstić information content (AvgIpc) is 3.57. The van der Waals surface area contributed by atoms with Gasteiger partial charge in [-0.05, 0) is 62.6 Å². The van der Waals surface area contributed by atoms with Gasteiger partial charge in [-0.15, -0.1) is 0 Å². The normalized spacial score (nSPS) is 14.0. The lowest BCUT2D eigenvalue weighted by molar-refractivity contribution is -0.137. The zero-order valence-electron chi connectivity index (χ0n) is 20.4. The van der Waals surface area contributed by atoms with E-state index in [4.69, 9.17) is 16.3 Å². The predicted molar refractivity (Wildman–Crippen MR) is 138 cm³/mol. The number of hydrogen-bond acceptors (Lipinski definition) is 6. The third-order valence-corrected chi connectivity index (χ3v) is 7.33. The Labute approximate surface area is 224 Å². The fraction of sp³-hybridized carbons (Fsp3) is 0.280. The second kappa shape index (κ2) is 10.3. The van der Waals surface area contributed by atoms with E-state index in [9.17, 15) is 27.6 Å². The molecule has 1 heterocycles. The van der Waals surface area contributed by atoms with Gasteiger partial charge >= 0.3 is 6.18 Å². The molecule has 8 nitrogen and oxygen atoms in total. The summed E-state index contributed by atoms with van der Waals surface area (Å²) in [5, 5.41) is 7.71. The molecule has 1 aliphatic carbocycles. The molecule has 0 radical (unpaired) electrons. The Balaban J connectivity index is 1.46. The highest BCUT2D eigenvalue weighted by atomic mass is 35.5. The quantitative estimate of drug-likeness (QED) is 0.302. The van der Waals surface area contributed by atoms with Crippen molar-refractivity contribution in [2.24, 2.45) is 5.41 Å². The Morgan fingerprint density at radius 2 is 1.71 bits per heavy atom. The molecule has 1 aliphatic rings. The topological polar surface area (TPSA) is 109 Å². The number of carbonyl (C=O) groups excluding carboxylic acids is 3. The molecule has 200 valence electrons. The highest BCUT2D eigenvalue weighted by Crippen LogP contribution is 2.48. The van der Waals surface area contributed by atoms with E-state index in [0.717, 1.165) is 35.1 Å². The van der Waals surface area contributed by atoms with Crippen LogP contribution in [0.3, 0.4) is 0 Å². The number of anilines is 3. The van der Waals surface area contributed by atoms with Gasteiger partial charge in [0.25, 0.3) is 5.91 Å². The maximum absolute atomic E-state index is 13.0. The second-order valence-electron chi connectivity index (χ2n) is 8.81. The van der Waals surface area contributed by atoms with Crippen LogP contribution in [0.4, 0.5) is 29.7 Å². The van der Waals surface area contributed by atoms with Crippen LogP contribution in [0.15, 0.2) is 36.4 Å². The summed E-state index contributed by atoms with van der Waals surface area (Å²) in [4.78, 5) is 43.0. The third-order valence-electron chi connectivity index (χ3n) is 5.93.